The summed E-state index contributed by atoms with van der Waals surface area (Å²) in [6.07, 6.45) is -13.1. The van der Waals surface area contributed by atoms with Crippen LogP contribution in [-0.2, 0) is 12.4 Å². The molecule has 6 N–H and O–H groups in total. The topological polar surface area (TPSA) is 127 Å². The van der Waals surface area contributed by atoms with Gasteiger partial charge in [0.1, 0.15) is 11.4 Å². The molecule has 5 rings (SSSR count). The van der Waals surface area contributed by atoms with Crippen molar-refractivity contribution in [1.29, 1.82) is 0 Å². The van der Waals surface area contributed by atoms with Gasteiger partial charge in [0.2, 0.25) is 0 Å². The highest BCUT2D eigenvalue weighted by atomic mass is 35.5. The highest BCUT2D eigenvalue weighted by Gasteiger charge is 2.39. The van der Waals surface area contributed by atoms with Gasteiger partial charge in [-0.2, -0.15) is 26.3 Å². The fraction of sp³-hybridized carbons (Fsp3) is 0.107. The third-order valence-electron chi connectivity index (χ3n) is 6.45. The number of halogens is 11. The van der Waals surface area contributed by atoms with Gasteiger partial charge in [-0.1, -0.05) is 23.2 Å². The lowest BCUT2D eigenvalue weighted by molar-refractivity contribution is -0.274. The minimum Gasteiger partial charge on any atom is -0.403 e. The maximum absolute atomic E-state index is 14.1. The first-order valence-electron chi connectivity index (χ1n) is 13.1. The highest BCUT2D eigenvalue weighted by molar-refractivity contribution is 7.13. The van der Waals surface area contributed by atoms with Gasteiger partial charge in [0.25, 0.3) is 0 Å². The standard InChI is InChI=1S/C28H17Cl2F9N8OS/c29-15-4-3-14(9-16(15)30)46-47(41)23-19(17-5-1-12(10-43-17)26(31,32)33)21(40)22(45-25-42-7-8-49-25)24(48-28(37,38)39)20(23)18-6-2-13(11-44-18)27(34,35)36/h1-11,46H,40-41H2,(H,42,45). The molecule has 0 aliphatic rings. The van der Waals surface area contributed by atoms with Gasteiger partial charge in [-0.15, -0.1) is 24.5 Å². The first kappa shape index (κ1) is 35.6. The van der Waals surface area contributed by atoms with E-state index in [0.29, 0.717) is 29.6 Å². The molecule has 0 fully saturated rings. The van der Waals surface area contributed by atoms with E-state index in [4.69, 9.17) is 34.8 Å². The van der Waals surface area contributed by atoms with Gasteiger partial charge in [0.15, 0.2) is 10.9 Å². The Morgan fingerprint density at radius 1 is 0.776 bits per heavy atom. The molecule has 0 aliphatic heterocycles. The Hall–Kier alpha value is -4.72. The van der Waals surface area contributed by atoms with Gasteiger partial charge in [0, 0.05) is 24.0 Å². The predicted molar refractivity (Wildman–Crippen MR) is 166 cm³/mol. The largest absolute Gasteiger partial charge is 0.573 e. The summed E-state index contributed by atoms with van der Waals surface area (Å²) in [7, 11) is 0. The third kappa shape index (κ3) is 7.96. The lowest BCUT2D eigenvalue weighted by atomic mass is 9.95. The maximum atomic E-state index is 14.1. The summed E-state index contributed by atoms with van der Waals surface area (Å²) in [4.78, 5) is 11.6. The summed E-state index contributed by atoms with van der Waals surface area (Å²) < 4.78 is 128. The molecule has 0 atom stereocenters. The van der Waals surface area contributed by atoms with E-state index in [1.54, 1.807) is 0 Å². The van der Waals surface area contributed by atoms with Crippen LogP contribution in [0.5, 0.6) is 5.75 Å². The number of nitrogen functional groups attached to an aromatic ring is 1. The number of thiazole rings is 1. The van der Waals surface area contributed by atoms with Gasteiger partial charge < -0.3 is 15.8 Å². The zero-order chi connectivity index (χ0) is 35.9. The zero-order valence-electron chi connectivity index (χ0n) is 23.8. The number of nitrogens with zero attached hydrogens (tertiary/aromatic N) is 4. The normalized spacial score (nSPS) is 12.2. The number of rotatable bonds is 8. The summed E-state index contributed by atoms with van der Waals surface area (Å²) in [6, 6.07) is 6.74. The van der Waals surface area contributed by atoms with Crippen LogP contribution in [0.4, 0.5) is 67.4 Å². The Kier molecular flexibility index (Phi) is 9.66. The van der Waals surface area contributed by atoms with Crippen LogP contribution >= 0.6 is 34.5 Å². The van der Waals surface area contributed by atoms with Crippen LogP contribution in [0, 0.1) is 0 Å². The molecule has 0 bridgehead atoms. The molecule has 5 aromatic rings. The van der Waals surface area contributed by atoms with Crippen molar-refractivity contribution in [2.45, 2.75) is 18.7 Å². The molecule has 0 saturated heterocycles. The van der Waals surface area contributed by atoms with Gasteiger partial charge in [-0.25, -0.2) is 15.9 Å². The van der Waals surface area contributed by atoms with Crippen LogP contribution in [0.1, 0.15) is 11.1 Å². The van der Waals surface area contributed by atoms with Gasteiger partial charge in [-0.05, 0) is 42.5 Å². The second kappa shape index (κ2) is 13.3. The van der Waals surface area contributed by atoms with E-state index in [1.165, 1.54) is 29.8 Å². The second-order valence-corrected chi connectivity index (χ2v) is 11.4. The molecule has 258 valence electrons. The molecule has 9 nitrogen and oxygen atoms in total. The summed E-state index contributed by atoms with van der Waals surface area (Å²) in [5.41, 5.74) is 2.88. The Bertz CT molecular complexity index is 1960. The van der Waals surface area contributed by atoms with E-state index in [-0.39, 0.29) is 26.6 Å². The third-order valence-corrected chi connectivity index (χ3v) is 7.88. The number of pyridine rings is 2. The average molecular weight is 755 g/mol. The zero-order valence-corrected chi connectivity index (χ0v) is 26.1. The van der Waals surface area contributed by atoms with E-state index in [2.05, 4.69) is 30.4 Å². The highest BCUT2D eigenvalue weighted by Crippen LogP contribution is 2.54. The van der Waals surface area contributed by atoms with E-state index in [0.717, 1.165) is 23.5 Å². The number of alkyl halides is 9. The number of anilines is 5. The quantitative estimate of drug-likeness (QED) is 0.0530. The van der Waals surface area contributed by atoms with Gasteiger partial charge in [0.05, 0.1) is 55.1 Å². The summed E-state index contributed by atoms with van der Waals surface area (Å²) >= 11 is 13.0. The van der Waals surface area contributed by atoms with Crippen LogP contribution in [-0.4, -0.2) is 21.3 Å². The van der Waals surface area contributed by atoms with Crippen LogP contribution in [0.2, 0.25) is 10.0 Å². The van der Waals surface area contributed by atoms with Gasteiger partial charge in [-0.3, -0.25) is 15.4 Å². The van der Waals surface area contributed by atoms with Crippen LogP contribution in [0.15, 0.2) is 66.4 Å². The lowest BCUT2D eigenvalue weighted by Crippen LogP contribution is -2.38. The minimum absolute atomic E-state index is 0.0120. The van der Waals surface area contributed by atoms with Gasteiger partial charge >= 0.3 is 18.7 Å². The molecule has 3 heterocycles. The number of hydrogen-bond acceptors (Lipinski definition) is 10. The molecular weight excluding hydrogens is 738 g/mol. The Morgan fingerprint density at radius 2 is 1.37 bits per heavy atom. The number of ether oxygens (including phenoxy) is 1. The van der Waals surface area contributed by atoms with Crippen molar-refractivity contribution in [3.05, 3.63) is 87.6 Å². The van der Waals surface area contributed by atoms with E-state index in [1.807, 2.05) is 0 Å². The molecule has 0 spiro atoms. The van der Waals surface area contributed by atoms with E-state index in [9.17, 15) is 39.5 Å². The average Bonchev–Trinajstić information content (AvgIpc) is 3.52. The van der Waals surface area contributed by atoms with Crippen molar-refractivity contribution in [3.63, 3.8) is 0 Å². The fourth-order valence-corrected chi connectivity index (χ4v) is 5.22. The van der Waals surface area contributed by atoms with Crippen molar-refractivity contribution in [2.24, 2.45) is 5.84 Å². The first-order chi connectivity index (χ1) is 22.8. The summed E-state index contributed by atoms with van der Waals surface area (Å²) in [6.45, 7) is 0. The van der Waals surface area contributed by atoms with Crippen LogP contribution in [0.25, 0.3) is 22.5 Å². The summed E-state index contributed by atoms with van der Waals surface area (Å²) in [5, 5.41) is 4.74. The monoisotopic (exact) mass is 754 g/mol. The molecule has 0 unspecified atom stereocenters. The lowest BCUT2D eigenvalue weighted by Gasteiger charge is -2.30. The number of hydrazine groups is 2. The van der Waals surface area contributed by atoms with E-state index >= 15 is 0 Å². The molecule has 0 aliphatic carbocycles. The second-order valence-electron chi connectivity index (χ2n) is 9.70. The van der Waals surface area contributed by atoms with Crippen molar-refractivity contribution < 1.29 is 44.3 Å². The molecule has 0 saturated carbocycles. The van der Waals surface area contributed by atoms with Crippen molar-refractivity contribution in [2.75, 3.05) is 21.6 Å². The molecule has 2 aromatic carbocycles. The van der Waals surface area contributed by atoms with Crippen molar-refractivity contribution in [1.82, 2.24) is 15.0 Å². The van der Waals surface area contributed by atoms with Crippen molar-refractivity contribution >= 4 is 62.4 Å². The van der Waals surface area contributed by atoms with Crippen LogP contribution < -0.4 is 32.2 Å². The molecule has 0 amide bonds. The van der Waals surface area contributed by atoms with Crippen molar-refractivity contribution in [3.8, 4) is 28.3 Å². The number of hydrogen-bond donors (Lipinski definition) is 4. The maximum Gasteiger partial charge on any atom is 0.573 e. The number of nitrogens with one attached hydrogen (secondary N) is 2. The SMILES string of the molecule is Nc1c(Nc2nccs2)c(OC(F)(F)F)c(-c2ccc(C(F)(F)F)cn2)c(N(N)Nc2ccc(Cl)c(Cl)c2)c1-c1ccc(C(F)(F)F)cn1. The number of aromatic nitrogens is 3. The molecule has 3 aromatic heterocycles. The minimum atomic E-state index is -5.45. The summed E-state index contributed by atoms with van der Waals surface area (Å²) in [5.74, 6) is 5.25. The number of nitrogens with two attached hydrogens (primary N) is 2. The molecule has 49 heavy (non-hydrogen) atoms. The number of benzene rings is 2. The molecule has 21 heteroatoms. The smallest absolute Gasteiger partial charge is 0.403 e. The van der Waals surface area contributed by atoms with E-state index < -0.39 is 69.5 Å². The fourth-order valence-electron chi connectivity index (χ4n) is 4.38. The predicted octanol–water partition coefficient (Wildman–Crippen LogP) is 9.54. The Balaban J connectivity index is 1.90. The Morgan fingerprint density at radius 3 is 1.84 bits per heavy atom. The molecular formula is C28H17Cl2F9N8OS. The van der Waals surface area contributed by atoms with Crippen LogP contribution in [0.3, 0.4) is 0 Å². The molecule has 0 radical (unpaired) electrons. The first-order valence-corrected chi connectivity index (χ1v) is 14.7. The Labute approximate surface area is 283 Å².